The van der Waals surface area contributed by atoms with E-state index < -0.39 is 23.5 Å². The van der Waals surface area contributed by atoms with E-state index in [0.717, 1.165) is 24.6 Å². The van der Waals surface area contributed by atoms with Crippen LogP contribution < -0.4 is 11.1 Å². The molecule has 1 unspecified atom stereocenters. The first-order valence-corrected chi connectivity index (χ1v) is 9.79. The fraction of sp³-hybridized carbons (Fsp3) is 0.364. The Balaban J connectivity index is 1.49. The quantitative estimate of drug-likeness (QED) is 0.708. The van der Waals surface area contributed by atoms with E-state index in [4.69, 9.17) is 5.73 Å². The number of nitrogens with zero attached hydrogens (tertiary/aromatic N) is 2. The van der Waals surface area contributed by atoms with E-state index in [1.54, 1.807) is 17.0 Å². The molecule has 0 radical (unpaired) electrons. The number of nitriles is 1. The van der Waals surface area contributed by atoms with Gasteiger partial charge in [0.15, 0.2) is 11.6 Å². The Morgan fingerprint density at radius 2 is 1.83 bits per heavy atom. The topological polar surface area (TPSA) is 82.2 Å². The number of amides is 1. The number of halogens is 3. The number of hydrogen-bond donors (Lipinski definition) is 2. The third kappa shape index (κ3) is 5.30. The summed E-state index contributed by atoms with van der Waals surface area (Å²) < 4.78 is 40.1. The number of carbonyl (C=O) groups excluding carboxylic acids is 1. The first-order valence-electron chi connectivity index (χ1n) is 9.79. The number of benzene rings is 2. The maximum Gasteiger partial charge on any atom is 0.224 e. The van der Waals surface area contributed by atoms with Gasteiger partial charge in [0.2, 0.25) is 5.91 Å². The van der Waals surface area contributed by atoms with Gasteiger partial charge in [-0.1, -0.05) is 12.1 Å². The molecule has 0 aliphatic carbocycles. The average molecular weight is 416 g/mol. The maximum absolute atomic E-state index is 13.8. The molecule has 8 heteroatoms. The monoisotopic (exact) mass is 416 g/mol. The van der Waals surface area contributed by atoms with Crippen molar-refractivity contribution >= 4 is 11.6 Å². The summed E-state index contributed by atoms with van der Waals surface area (Å²) in [7, 11) is 0. The first-order chi connectivity index (χ1) is 14.4. The predicted molar refractivity (Wildman–Crippen MR) is 107 cm³/mol. The molecule has 3 rings (SSSR count). The Kier molecular flexibility index (Phi) is 6.95. The zero-order valence-corrected chi connectivity index (χ0v) is 16.4. The van der Waals surface area contributed by atoms with Crippen molar-refractivity contribution in [1.82, 2.24) is 4.90 Å². The Hall–Kier alpha value is -3.05. The fourth-order valence-electron chi connectivity index (χ4n) is 3.63. The minimum Gasteiger partial charge on any atom is -0.381 e. The van der Waals surface area contributed by atoms with Crippen LogP contribution in [-0.4, -0.2) is 36.0 Å². The van der Waals surface area contributed by atoms with E-state index in [2.05, 4.69) is 11.4 Å². The van der Waals surface area contributed by atoms with Gasteiger partial charge in [-0.2, -0.15) is 5.26 Å². The summed E-state index contributed by atoms with van der Waals surface area (Å²) in [6.07, 6.45) is 1.38. The third-order valence-electron chi connectivity index (χ3n) is 5.26. The molecule has 0 aromatic heterocycles. The molecule has 3 N–H and O–H groups in total. The molecule has 1 fully saturated rings. The van der Waals surface area contributed by atoms with Crippen molar-refractivity contribution < 1.29 is 18.0 Å². The summed E-state index contributed by atoms with van der Waals surface area (Å²) >= 11 is 0. The van der Waals surface area contributed by atoms with E-state index >= 15 is 0 Å². The number of nitrogens with two attached hydrogens (primary N) is 1. The van der Waals surface area contributed by atoms with Gasteiger partial charge in [-0.15, -0.1) is 0 Å². The lowest BCUT2D eigenvalue weighted by Crippen LogP contribution is -2.44. The molecule has 1 saturated heterocycles. The van der Waals surface area contributed by atoms with Gasteiger partial charge in [0.25, 0.3) is 0 Å². The Morgan fingerprint density at radius 1 is 1.17 bits per heavy atom. The molecule has 1 heterocycles. The van der Waals surface area contributed by atoms with Crippen molar-refractivity contribution in [3.05, 3.63) is 65.0 Å². The minimum absolute atomic E-state index is 0.00615. The summed E-state index contributed by atoms with van der Waals surface area (Å²) in [6, 6.07) is 10.1. The van der Waals surface area contributed by atoms with Crippen LogP contribution in [0.1, 0.15) is 30.4 Å². The number of hydrogen-bond acceptors (Lipinski definition) is 4. The van der Waals surface area contributed by atoms with Gasteiger partial charge < -0.3 is 16.0 Å². The molecular weight excluding hydrogens is 393 g/mol. The Bertz CT molecular complexity index is 952. The zero-order valence-electron chi connectivity index (χ0n) is 16.4. The molecule has 2 aromatic carbocycles. The van der Waals surface area contributed by atoms with Crippen molar-refractivity contribution in [3.63, 3.8) is 0 Å². The van der Waals surface area contributed by atoms with Gasteiger partial charge in [0, 0.05) is 37.7 Å². The molecule has 0 saturated carbocycles. The van der Waals surface area contributed by atoms with Crippen molar-refractivity contribution in [3.8, 4) is 6.07 Å². The van der Waals surface area contributed by atoms with Crippen molar-refractivity contribution in [2.75, 3.05) is 18.4 Å². The summed E-state index contributed by atoms with van der Waals surface area (Å²) in [5.41, 5.74) is 7.26. The second-order valence-corrected chi connectivity index (χ2v) is 7.48. The maximum atomic E-state index is 13.8. The lowest BCUT2D eigenvalue weighted by molar-refractivity contribution is -0.132. The van der Waals surface area contributed by atoms with E-state index in [1.165, 1.54) is 0 Å². The minimum atomic E-state index is -1.25. The normalized spacial score (nSPS) is 15.5. The number of carbonyl (C=O) groups is 1. The Labute approximate surface area is 173 Å². The van der Waals surface area contributed by atoms with Crippen LogP contribution in [0, 0.1) is 28.8 Å². The highest BCUT2D eigenvalue weighted by molar-refractivity contribution is 5.77. The number of para-hydroxylation sites is 1. The number of nitrogens with one attached hydrogen (secondary N) is 1. The van der Waals surface area contributed by atoms with Crippen LogP contribution in [0.4, 0.5) is 18.9 Å². The highest BCUT2D eigenvalue weighted by Crippen LogP contribution is 2.21. The average Bonchev–Trinajstić information content (AvgIpc) is 2.73. The highest BCUT2D eigenvalue weighted by atomic mass is 19.2. The molecule has 1 atom stereocenters. The van der Waals surface area contributed by atoms with Gasteiger partial charge in [-0.3, -0.25) is 4.79 Å². The van der Waals surface area contributed by atoms with E-state index in [-0.39, 0.29) is 30.4 Å². The number of piperidine rings is 1. The molecule has 0 bridgehead atoms. The number of likely N-dealkylation sites (tertiary alicyclic amines) is 1. The SMILES string of the molecule is N#Cc1ccccc1NC1CCN(C(=O)CC(N)Cc2cc(F)c(F)cc2F)CC1. The third-order valence-corrected chi connectivity index (χ3v) is 5.26. The highest BCUT2D eigenvalue weighted by Gasteiger charge is 2.25. The molecule has 30 heavy (non-hydrogen) atoms. The fourth-order valence-corrected chi connectivity index (χ4v) is 3.63. The van der Waals surface area contributed by atoms with Crippen molar-refractivity contribution in [2.24, 2.45) is 5.73 Å². The predicted octanol–water partition coefficient (Wildman–Crippen LogP) is 3.34. The lowest BCUT2D eigenvalue weighted by atomic mass is 10.0. The van der Waals surface area contributed by atoms with Crippen LogP contribution in [0.3, 0.4) is 0 Å². The van der Waals surface area contributed by atoms with Crippen LogP contribution in [0.15, 0.2) is 36.4 Å². The van der Waals surface area contributed by atoms with Crippen LogP contribution in [0.5, 0.6) is 0 Å². The zero-order chi connectivity index (χ0) is 21.7. The standard InChI is InChI=1S/C22H23F3N4O/c23-18-12-20(25)19(24)10-15(18)9-16(27)11-22(30)29-7-5-17(6-8-29)28-21-4-2-1-3-14(21)13-26/h1-4,10,12,16-17,28H,5-9,11,27H2. The summed E-state index contributed by atoms with van der Waals surface area (Å²) in [6.45, 7) is 1.08. The number of anilines is 1. The van der Waals surface area contributed by atoms with Crippen LogP contribution in [-0.2, 0) is 11.2 Å². The second kappa shape index (κ2) is 9.63. The molecule has 1 amide bonds. The van der Waals surface area contributed by atoms with Crippen LogP contribution in [0.25, 0.3) is 0 Å². The Morgan fingerprint density at radius 3 is 2.53 bits per heavy atom. The van der Waals surface area contributed by atoms with Gasteiger partial charge in [0.05, 0.1) is 11.3 Å². The lowest BCUT2D eigenvalue weighted by Gasteiger charge is -2.33. The molecule has 1 aliphatic heterocycles. The summed E-state index contributed by atoms with van der Waals surface area (Å²) in [4.78, 5) is 14.2. The molecule has 5 nitrogen and oxygen atoms in total. The van der Waals surface area contributed by atoms with Crippen LogP contribution >= 0.6 is 0 Å². The molecule has 2 aromatic rings. The molecule has 0 spiro atoms. The first kappa shape index (κ1) is 21.7. The van der Waals surface area contributed by atoms with Gasteiger partial charge >= 0.3 is 0 Å². The second-order valence-electron chi connectivity index (χ2n) is 7.48. The van der Waals surface area contributed by atoms with Gasteiger partial charge in [-0.05, 0) is 43.0 Å². The molecule has 1 aliphatic rings. The molecular formula is C22H23F3N4O. The largest absolute Gasteiger partial charge is 0.381 e. The van der Waals surface area contributed by atoms with E-state index in [9.17, 15) is 23.2 Å². The smallest absolute Gasteiger partial charge is 0.224 e. The van der Waals surface area contributed by atoms with Gasteiger partial charge in [-0.25, -0.2) is 13.2 Å². The van der Waals surface area contributed by atoms with Crippen molar-refractivity contribution in [2.45, 2.75) is 37.8 Å². The number of rotatable bonds is 6. The van der Waals surface area contributed by atoms with Crippen molar-refractivity contribution in [1.29, 1.82) is 5.26 Å². The summed E-state index contributed by atoms with van der Waals surface area (Å²) in [5, 5.41) is 12.5. The van der Waals surface area contributed by atoms with E-state index in [0.29, 0.717) is 24.7 Å². The van der Waals surface area contributed by atoms with Crippen LogP contribution in [0.2, 0.25) is 0 Å². The van der Waals surface area contributed by atoms with Gasteiger partial charge in [0.1, 0.15) is 11.9 Å². The molecule has 158 valence electrons. The summed E-state index contributed by atoms with van der Waals surface area (Å²) in [5.74, 6) is -3.42. The van der Waals surface area contributed by atoms with E-state index in [1.807, 2.05) is 12.1 Å².